The average Bonchev–Trinajstić information content (AvgIpc) is 3.02. The van der Waals surface area contributed by atoms with Crippen molar-refractivity contribution in [2.45, 2.75) is 33.4 Å². The van der Waals surface area contributed by atoms with Crippen molar-refractivity contribution in [3.05, 3.63) is 17.3 Å². The van der Waals surface area contributed by atoms with Crippen LogP contribution < -0.4 is 15.4 Å². The molecule has 1 unspecified atom stereocenters. The van der Waals surface area contributed by atoms with E-state index in [4.69, 9.17) is 4.74 Å². The zero-order valence-corrected chi connectivity index (χ0v) is 13.7. The van der Waals surface area contributed by atoms with E-state index in [-0.39, 0.29) is 11.9 Å². The second kappa shape index (κ2) is 6.91. The van der Waals surface area contributed by atoms with Gasteiger partial charge in [0.15, 0.2) is 4.96 Å². The first-order chi connectivity index (χ1) is 10.0. The van der Waals surface area contributed by atoms with Gasteiger partial charge in [0, 0.05) is 24.7 Å². The molecule has 0 aliphatic rings. The van der Waals surface area contributed by atoms with Crippen LogP contribution in [0.3, 0.4) is 0 Å². The molecule has 7 heteroatoms. The second-order valence-corrected chi connectivity index (χ2v) is 6.24. The Morgan fingerprint density at radius 2 is 2.24 bits per heavy atom. The highest BCUT2D eigenvalue weighted by Gasteiger charge is 2.17. The Morgan fingerprint density at radius 3 is 2.90 bits per heavy atom. The molecule has 116 valence electrons. The zero-order valence-electron chi connectivity index (χ0n) is 12.8. The Labute approximate surface area is 128 Å². The molecule has 0 spiro atoms. The third-order valence-electron chi connectivity index (χ3n) is 3.17. The second-order valence-electron chi connectivity index (χ2n) is 5.36. The van der Waals surface area contributed by atoms with E-state index in [0.717, 1.165) is 10.7 Å². The third-order valence-corrected chi connectivity index (χ3v) is 3.93. The SMILES string of the molecule is COc1nc2sccn2c1CNC(C)C(=O)NCC(C)C. The highest BCUT2D eigenvalue weighted by atomic mass is 32.1. The highest BCUT2D eigenvalue weighted by molar-refractivity contribution is 7.15. The molecule has 0 aliphatic heterocycles. The van der Waals surface area contributed by atoms with Gasteiger partial charge >= 0.3 is 0 Å². The molecule has 21 heavy (non-hydrogen) atoms. The van der Waals surface area contributed by atoms with E-state index in [0.29, 0.717) is 24.9 Å². The summed E-state index contributed by atoms with van der Waals surface area (Å²) in [6, 6.07) is -0.266. The number of hydrogen-bond acceptors (Lipinski definition) is 5. The van der Waals surface area contributed by atoms with Crippen molar-refractivity contribution < 1.29 is 9.53 Å². The molecule has 0 aliphatic carbocycles. The predicted octanol–water partition coefficient (Wildman–Crippen LogP) is 1.65. The fraction of sp³-hybridized carbons (Fsp3) is 0.571. The minimum absolute atomic E-state index is 0.00810. The van der Waals surface area contributed by atoms with E-state index in [1.807, 2.05) is 22.9 Å². The van der Waals surface area contributed by atoms with Crippen LogP contribution in [0.5, 0.6) is 5.88 Å². The number of carbonyl (C=O) groups is 1. The van der Waals surface area contributed by atoms with Crippen LogP contribution in [0.15, 0.2) is 11.6 Å². The summed E-state index contributed by atoms with van der Waals surface area (Å²) in [6.07, 6.45) is 1.95. The topological polar surface area (TPSA) is 67.7 Å². The molecular formula is C14H22N4O2S. The van der Waals surface area contributed by atoms with Crippen molar-refractivity contribution in [1.82, 2.24) is 20.0 Å². The Balaban J connectivity index is 1.97. The Kier molecular flexibility index (Phi) is 5.19. The molecular weight excluding hydrogens is 288 g/mol. The van der Waals surface area contributed by atoms with Gasteiger partial charge in [-0.1, -0.05) is 13.8 Å². The van der Waals surface area contributed by atoms with Crippen molar-refractivity contribution in [2.75, 3.05) is 13.7 Å². The minimum Gasteiger partial charge on any atom is -0.480 e. The number of aromatic nitrogens is 2. The lowest BCUT2D eigenvalue weighted by atomic mass is 10.2. The molecule has 2 heterocycles. The van der Waals surface area contributed by atoms with Crippen LogP contribution in [-0.4, -0.2) is 35.0 Å². The van der Waals surface area contributed by atoms with Gasteiger partial charge in [-0.3, -0.25) is 9.20 Å². The molecule has 6 nitrogen and oxygen atoms in total. The lowest BCUT2D eigenvalue weighted by Gasteiger charge is -2.15. The van der Waals surface area contributed by atoms with Gasteiger partial charge < -0.3 is 15.4 Å². The average molecular weight is 310 g/mol. The van der Waals surface area contributed by atoms with E-state index in [1.54, 1.807) is 18.4 Å². The van der Waals surface area contributed by atoms with E-state index in [1.165, 1.54) is 0 Å². The normalized spacial score (nSPS) is 12.8. The first kappa shape index (κ1) is 15.8. The number of amides is 1. The van der Waals surface area contributed by atoms with Crippen LogP contribution in [0.4, 0.5) is 0 Å². The van der Waals surface area contributed by atoms with E-state index < -0.39 is 0 Å². The molecule has 1 atom stereocenters. The van der Waals surface area contributed by atoms with Crippen molar-refractivity contribution in [3.8, 4) is 5.88 Å². The van der Waals surface area contributed by atoms with Gasteiger partial charge in [0.05, 0.1) is 13.2 Å². The molecule has 2 rings (SSSR count). The van der Waals surface area contributed by atoms with Crippen LogP contribution in [-0.2, 0) is 11.3 Å². The fourth-order valence-corrected chi connectivity index (χ4v) is 2.66. The summed E-state index contributed by atoms with van der Waals surface area (Å²) in [6.45, 7) is 7.21. The molecule has 0 saturated heterocycles. The van der Waals surface area contributed by atoms with Crippen LogP contribution in [0, 0.1) is 5.92 Å². The number of hydrogen-bond donors (Lipinski definition) is 2. The summed E-state index contributed by atoms with van der Waals surface area (Å²) in [7, 11) is 1.61. The molecule has 0 aromatic carbocycles. The lowest BCUT2D eigenvalue weighted by Crippen LogP contribution is -2.43. The van der Waals surface area contributed by atoms with Gasteiger partial charge in [-0.05, 0) is 12.8 Å². The van der Waals surface area contributed by atoms with Gasteiger partial charge in [0.2, 0.25) is 11.8 Å². The third kappa shape index (κ3) is 3.74. The summed E-state index contributed by atoms with van der Waals surface area (Å²) in [4.78, 5) is 17.2. The molecule has 0 saturated carbocycles. The Morgan fingerprint density at radius 1 is 1.48 bits per heavy atom. The van der Waals surface area contributed by atoms with Gasteiger partial charge in [0.1, 0.15) is 5.69 Å². The van der Waals surface area contributed by atoms with Crippen molar-refractivity contribution in [2.24, 2.45) is 5.92 Å². The van der Waals surface area contributed by atoms with Crippen LogP contribution in [0.1, 0.15) is 26.5 Å². The number of rotatable bonds is 7. The molecule has 0 fully saturated rings. The monoisotopic (exact) mass is 310 g/mol. The van der Waals surface area contributed by atoms with Crippen LogP contribution in [0.2, 0.25) is 0 Å². The van der Waals surface area contributed by atoms with E-state index in [9.17, 15) is 4.79 Å². The molecule has 2 aromatic rings. The quantitative estimate of drug-likeness (QED) is 0.816. The molecule has 2 N–H and O–H groups in total. The van der Waals surface area contributed by atoms with E-state index >= 15 is 0 Å². The van der Waals surface area contributed by atoms with Crippen LogP contribution >= 0.6 is 11.3 Å². The number of fused-ring (bicyclic) bond motifs is 1. The predicted molar refractivity (Wildman–Crippen MR) is 83.8 cm³/mol. The first-order valence-corrected chi connectivity index (χ1v) is 7.90. The molecule has 0 radical (unpaired) electrons. The largest absolute Gasteiger partial charge is 0.480 e. The number of nitrogens with zero attached hydrogens (tertiary/aromatic N) is 2. The lowest BCUT2D eigenvalue weighted by molar-refractivity contribution is -0.122. The number of methoxy groups -OCH3 is 1. The number of nitrogens with one attached hydrogen (secondary N) is 2. The Bertz CT molecular complexity index is 605. The van der Waals surface area contributed by atoms with E-state index in [2.05, 4.69) is 29.5 Å². The number of carbonyl (C=O) groups excluding carboxylic acids is 1. The maximum absolute atomic E-state index is 11.9. The number of imidazole rings is 1. The standard InChI is InChI=1S/C14H22N4O2S/c1-9(2)7-16-12(19)10(3)15-8-11-13(20-4)17-14-18(11)5-6-21-14/h5-6,9-10,15H,7-8H2,1-4H3,(H,16,19). The maximum atomic E-state index is 11.9. The highest BCUT2D eigenvalue weighted by Crippen LogP contribution is 2.22. The number of ether oxygens (including phenoxy) is 1. The molecule has 1 amide bonds. The van der Waals surface area contributed by atoms with Gasteiger partial charge in [-0.2, -0.15) is 4.98 Å². The minimum atomic E-state index is -0.266. The van der Waals surface area contributed by atoms with Gasteiger partial charge in [0.25, 0.3) is 0 Å². The summed E-state index contributed by atoms with van der Waals surface area (Å²) < 4.78 is 7.28. The first-order valence-electron chi connectivity index (χ1n) is 7.02. The van der Waals surface area contributed by atoms with Gasteiger partial charge in [-0.25, -0.2) is 0 Å². The van der Waals surface area contributed by atoms with Crippen molar-refractivity contribution >= 4 is 22.2 Å². The summed E-state index contributed by atoms with van der Waals surface area (Å²) in [5.41, 5.74) is 0.928. The maximum Gasteiger partial charge on any atom is 0.237 e. The summed E-state index contributed by atoms with van der Waals surface area (Å²) in [5.74, 6) is 1.05. The van der Waals surface area contributed by atoms with Gasteiger partial charge in [-0.15, -0.1) is 11.3 Å². The Hall–Kier alpha value is -1.60. The van der Waals surface area contributed by atoms with Crippen LogP contribution in [0.25, 0.3) is 4.96 Å². The zero-order chi connectivity index (χ0) is 15.4. The summed E-state index contributed by atoms with van der Waals surface area (Å²) in [5, 5.41) is 8.11. The van der Waals surface area contributed by atoms with Crippen molar-refractivity contribution in [3.63, 3.8) is 0 Å². The van der Waals surface area contributed by atoms with Crippen molar-refractivity contribution in [1.29, 1.82) is 0 Å². The summed E-state index contributed by atoms with van der Waals surface area (Å²) >= 11 is 1.55. The molecule has 0 bridgehead atoms. The smallest absolute Gasteiger partial charge is 0.237 e. The molecule has 2 aromatic heterocycles. The number of thiazole rings is 1. The fourth-order valence-electron chi connectivity index (χ4n) is 1.94.